The molecule has 0 fully saturated rings. The molecule has 0 spiro atoms. The lowest BCUT2D eigenvalue weighted by Gasteiger charge is -2.14. The molecule has 0 saturated heterocycles. The Morgan fingerprint density at radius 1 is 1.40 bits per heavy atom. The van der Waals surface area contributed by atoms with Crippen molar-refractivity contribution in [1.82, 2.24) is 10.1 Å². The van der Waals surface area contributed by atoms with E-state index >= 15 is 0 Å². The zero-order valence-electron chi connectivity index (χ0n) is 12.0. The third kappa shape index (κ3) is 3.88. The molecule has 108 valence electrons. The summed E-state index contributed by atoms with van der Waals surface area (Å²) in [5, 5.41) is 7.03. The molecule has 20 heavy (non-hydrogen) atoms. The van der Waals surface area contributed by atoms with Gasteiger partial charge in [-0.25, -0.2) is 0 Å². The molecule has 6 nitrogen and oxygen atoms in total. The topological polar surface area (TPSA) is 86.2 Å². The van der Waals surface area contributed by atoms with E-state index in [1.807, 2.05) is 32.0 Å². The summed E-state index contributed by atoms with van der Waals surface area (Å²) in [6.07, 6.45) is 0.764. The predicted octanol–water partition coefficient (Wildman–Crippen LogP) is 2.40. The van der Waals surface area contributed by atoms with Crippen molar-refractivity contribution >= 4 is 11.4 Å². The average molecular weight is 276 g/mol. The van der Waals surface area contributed by atoms with E-state index in [4.69, 9.17) is 15.0 Å². The maximum absolute atomic E-state index is 5.87. The Bertz CT molecular complexity index is 566. The molecule has 0 amide bonds. The maximum Gasteiger partial charge on any atom is 0.228 e. The van der Waals surface area contributed by atoms with E-state index in [-0.39, 0.29) is 6.10 Å². The van der Waals surface area contributed by atoms with E-state index in [0.717, 1.165) is 5.69 Å². The van der Waals surface area contributed by atoms with Crippen molar-refractivity contribution in [3.8, 4) is 5.75 Å². The molecule has 1 aromatic carbocycles. The van der Waals surface area contributed by atoms with Gasteiger partial charge in [0.25, 0.3) is 0 Å². The molecule has 6 heteroatoms. The molecule has 0 bridgehead atoms. The van der Waals surface area contributed by atoms with Gasteiger partial charge < -0.3 is 20.3 Å². The van der Waals surface area contributed by atoms with E-state index in [0.29, 0.717) is 36.1 Å². The molecule has 0 saturated carbocycles. The molecule has 0 unspecified atom stereocenters. The SMILES string of the molecule is Cc1noc(CCNc2ccc(N)c(OC(C)C)c2)n1. The highest BCUT2D eigenvalue weighted by atomic mass is 16.5. The fourth-order valence-corrected chi connectivity index (χ4v) is 1.76. The number of hydrogen-bond donors (Lipinski definition) is 2. The van der Waals surface area contributed by atoms with Crippen molar-refractivity contribution in [1.29, 1.82) is 0 Å². The summed E-state index contributed by atoms with van der Waals surface area (Å²) in [6.45, 7) is 6.44. The summed E-state index contributed by atoms with van der Waals surface area (Å²) in [7, 11) is 0. The van der Waals surface area contributed by atoms with Crippen LogP contribution in [0, 0.1) is 6.92 Å². The molecule has 1 heterocycles. The lowest BCUT2D eigenvalue weighted by molar-refractivity contribution is 0.244. The van der Waals surface area contributed by atoms with Gasteiger partial charge in [0.15, 0.2) is 5.82 Å². The summed E-state index contributed by atoms with van der Waals surface area (Å²) in [6, 6.07) is 5.65. The number of anilines is 2. The van der Waals surface area contributed by atoms with Crippen LogP contribution in [0.25, 0.3) is 0 Å². The number of rotatable bonds is 6. The van der Waals surface area contributed by atoms with Gasteiger partial charge in [-0.1, -0.05) is 5.16 Å². The second-order valence-electron chi connectivity index (χ2n) is 4.83. The number of ether oxygens (including phenoxy) is 1. The molecule has 3 N–H and O–H groups in total. The van der Waals surface area contributed by atoms with Gasteiger partial charge >= 0.3 is 0 Å². The number of aryl methyl sites for hydroxylation is 1. The van der Waals surface area contributed by atoms with Crippen molar-refractivity contribution in [3.63, 3.8) is 0 Å². The smallest absolute Gasteiger partial charge is 0.228 e. The molecule has 0 aliphatic carbocycles. The minimum atomic E-state index is 0.0916. The maximum atomic E-state index is 5.87. The van der Waals surface area contributed by atoms with Crippen LogP contribution in [0.2, 0.25) is 0 Å². The van der Waals surface area contributed by atoms with Crippen LogP contribution in [0.1, 0.15) is 25.6 Å². The molecular weight excluding hydrogens is 256 g/mol. The van der Waals surface area contributed by atoms with Crippen molar-refractivity contribution in [2.24, 2.45) is 0 Å². The van der Waals surface area contributed by atoms with Gasteiger partial charge in [-0.3, -0.25) is 0 Å². The molecule has 0 aliphatic rings. The van der Waals surface area contributed by atoms with Crippen molar-refractivity contribution in [2.75, 3.05) is 17.6 Å². The van der Waals surface area contributed by atoms with Gasteiger partial charge in [0.05, 0.1) is 11.8 Å². The third-order valence-corrected chi connectivity index (χ3v) is 2.61. The number of benzene rings is 1. The summed E-state index contributed by atoms with van der Waals surface area (Å²) in [5.74, 6) is 1.97. The number of nitrogens with one attached hydrogen (secondary N) is 1. The minimum absolute atomic E-state index is 0.0916. The van der Waals surface area contributed by atoms with Crippen molar-refractivity contribution in [2.45, 2.75) is 33.3 Å². The standard InChI is InChI=1S/C14H20N4O2/c1-9(2)19-13-8-11(4-5-12(13)15)16-7-6-14-17-10(3)18-20-14/h4-5,8-9,16H,6-7,15H2,1-3H3. The molecule has 2 rings (SSSR count). The molecule has 0 atom stereocenters. The van der Waals surface area contributed by atoms with Gasteiger partial charge in [-0.15, -0.1) is 0 Å². The summed E-state index contributed by atoms with van der Waals surface area (Å²) in [4.78, 5) is 4.15. The predicted molar refractivity (Wildman–Crippen MR) is 77.8 cm³/mol. The Balaban J connectivity index is 1.92. The number of aromatic nitrogens is 2. The Morgan fingerprint density at radius 2 is 2.20 bits per heavy atom. The third-order valence-electron chi connectivity index (χ3n) is 2.61. The second kappa shape index (κ2) is 6.27. The van der Waals surface area contributed by atoms with Crippen LogP contribution < -0.4 is 15.8 Å². The van der Waals surface area contributed by atoms with Crippen molar-refractivity contribution in [3.05, 3.63) is 29.9 Å². The zero-order chi connectivity index (χ0) is 14.5. The first-order valence-electron chi connectivity index (χ1n) is 6.64. The van der Waals surface area contributed by atoms with Crippen molar-refractivity contribution < 1.29 is 9.26 Å². The van der Waals surface area contributed by atoms with E-state index in [2.05, 4.69) is 15.5 Å². The molecule has 2 aromatic rings. The van der Waals surface area contributed by atoms with Crippen LogP contribution in [0.15, 0.2) is 22.7 Å². The number of nitrogens with zero attached hydrogens (tertiary/aromatic N) is 2. The average Bonchev–Trinajstić information content (AvgIpc) is 2.78. The zero-order valence-corrected chi connectivity index (χ0v) is 12.0. The van der Waals surface area contributed by atoms with Crippen LogP contribution >= 0.6 is 0 Å². The lowest BCUT2D eigenvalue weighted by Crippen LogP contribution is -2.09. The number of hydrogen-bond acceptors (Lipinski definition) is 6. The largest absolute Gasteiger partial charge is 0.489 e. The molecule has 1 aromatic heterocycles. The summed E-state index contributed by atoms with van der Waals surface area (Å²) in [5.41, 5.74) is 7.46. The first-order chi connectivity index (χ1) is 9.54. The first-order valence-corrected chi connectivity index (χ1v) is 6.64. The van der Waals surface area contributed by atoms with Gasteiger partial charge in [-0.2, -0.15) is 4.98 Å². The first kappa shape index (κ1) is 14.2. The monoisotopic (exact) mass is 276 g/mol. The molecule has 0 radical (unpaired) electrons. The van der Waals surface area contributed by atoms with Crippen LogP contribution in [-0.2, 0) is 6.42 Å². The molecular formula is C14H20N4O2. The quantitative estimate of drug-likeness (QED) is 0.788. The Labute approximate surface area is 118 Å². The number of nitrogen functional groups attached to an aromatic ring is 1. The van der Waals surface area contributed by atoms with Crippen LogP contribution in [-0.4, -0.2) is 22.8 Å². The van der Waals surface area contributed by atoms with Crippen LogP contribution in [0.4, 0.5) is 11.4 Å². The summed E-state index contributed by atoms with van der Waals surface area (Å²) < 4.78 is 10.7. The lowest BCUT2D eigenvalue weighted by atomic mass is 10.2. The minimum Gasteiger partial charge on any atom is -0.489 e. The van der Waals surface area contributed by atoms with Gasteiger partial charge in [0.2, 0.25) is 5.89 Å². The van der Waals surface area contributed by atoms with Gasteiger partial charge in [0, 0.05) is 24.7 Å². The van der Waals surface area contributed by atoms with Crippen LogP contribution in [0.3, 0.4) is 0 Å². The highest BCUT2D eigenvalue weighted by Crippen LogP contribution is 2.26. The summed E-state index contributed by atoms with van der Waals surface area (Å²) >= 11 is 0. The fraction of sp³-hybridized carbons (Fsp3) is 0.429. The Morgan fingerprint density at radius 3 is 2.85 bits per heavy atom. The van der Waals surface area contributed by atoms with E-state index < -0.39 is 0 Å². The van der Waals surface area contributed by atoms with Gasteiger partial charge in [0.1, 0.15) is 5.75 Å². The highest BCUT2D eigenvalue weighted by molar-refractivity contribution is 5.61. The Hall–Kier alpha value is -2.24. The van der Waals surface area contributed by atoms with Crippen LogP contribution in [0.5, 0.6) is 5.75 Å². The van der Waals surface area contributed by atoms with E-state index in [1.54, 1.807) is 6.92 Å². The van der Waals surface area contributed by atoms with Gasteiger partial charge in [-0.05, 0) is 32.9 Å². The normalized spacial score (nSPS) is 10.8. The molecule has 0 aliphatic heterocycles. The van der Waals surface area contributed by atoms with E-state index in [9.17, 15) is 0 Å². The second-order valence-corrected chi connectivity index (χ2v) is 4.83. The van der Waals surface area contributed by atoms with E-state index in [1.165, 1.54) is 0 Å². The Kier molecular flexibility index (Phi) is 4.45. The number of nitrogens with two attached hydrogens (primary N) is 1. The highest BCUT2D eigenvalue weighted by Gasteiger charge is 2.06. The fourth-order valence-electron chi connectivity index (χ4n) is 1.76.